The van der Waals surface area contributed by atoms with Gasteiger partial charge >= 0.3 is 0 Å². The fraction of sp³-hybridized carbons (Fsp3) is 0.467. The summed E-state index contributed by atoms with van der Waals surface area (Å²) in [6, 6.07) is 2.24. The number of hydrogen-bond donors (Lipinski definition) is 0. The molecule has 0 radical (unpaired) electrons. The second-order valence-corrected chi connectivity index (χ2v) is 3.90. The third kappa shape index (κ3) is 2.95. The maximum absolute atomic E-state index is 4.00. The molecule has 0 saturated heterocycles. The van der Waals surface area contributed by atoms with Gasteiger partial charge in [-0.15, -0.1) is 0 Å². The van der Waals surface area contributed by atoms with Gasteiger partial charge in [0.25, 0.3) is 0 Å². The second kappa shape index (κ2) is 5.75. The van der Waals surface area contributed by atoms with E-state index in [9.17, 15) is 0 Å². The van der Waals surface area contributed by atoms with Crippen molar-refractivity contribution in [1.82, 2.24) is 0 Å². The van der Waals surface area contributed by atoms with Crippen LogP contribution < -0.4 is 0 Å². The van der Waals surface area contributed by atoms with Crippen molar-refractivity contribution >= 4 is 5.57 Å². The highest BCUT2D eigenvalue weighted by Crippen LogP contribution is 2.25. The molecule has 1 aromatic carbocycles. The fourth-order valence-corrected chi connectivity index (χ4v) is 1.66. The molecule has 15 heavy (non-hydrogen) atoms. The highest BCUT2D eigenvalue weighted by molar-refractivity contribution is 5.67. The first kappa shape index (κ1) is 14.0. The molecule has 0 amide bonds. The maximum atomic E-state index is 4.00. The number of aryl methyl sites for hydroxylation is 1. The molecule has 0 nitrogen and oxygen atoms in total. The molecule has 0 aliphatic carbocycles. The highest BCUT2D eigenvalue weighted by atomic mass is 14.1. The molecule has 1 aromatic rings. The summed E-state index contributed by atoms with van der Waals surface area (Å²) in [6.07, 6.45) is 0. The van der Waals surface area contributed by atoms with Crippen LogP contribution in [0.3, 0.4) is 0 Å². The normalized spacial score (nSPS) is 9.27. The largest absolute Gasteiger partial charge is 0.0955 e. The van der Waals surface area contributed by atoms with Crippen LogP contribution in [0.2, 0.25) is 0 Å². The molecule has 0 heterocycles. The smallest absolute Gasteiger partial charge is 0.0198 e. The predicted octanol–water partition coefficient (Wildman–Crippen LogP) is 4.98. The van der Waals surface area contributed by atoms with Gasteiger partial charge in [0, 0.05) is 0 Å². The van der Waals surface area contributed by atoms with Gasteiger partial charge in [0.05, 0.1) is 0 Å². The van der Waals surface area contributed by atoms with Crippen LogP contribution in [0.1, 0.15) is 48.6 Å². The van der Waals surface area contributed by atoms with E-state index in [-0.39, 0.29) is 0 Å². The number of allylic oxidation sites excluding steroid dienone is 1. The minimum absolute atomic E-state index is 1.16. The Balaban J connectivity index is 0.000000921. The van der Waals surface area contributed by atoms with Gasteiger partial charge in [0.2, 0.25) is 0 Å². The Morgan fingerprint density at radius 2 is 1.40 bits per heavy atom. The second-order valence-electron chi connectivity index (χ2n) is 3.90. The van der Waals surface area contributed by atoms with Crippen molar-refractivity contribution in [3.8, 4) is 0 Å². The van der Waals surface area contributed by atoms with Gasteiger partial charge in [-0.05, 0) is 62.4 Å². The molecule has 0 aromatic heterocycles. The van der Waals surface area contributed by atoms with Gasteiger partial charge in [-0.3, -0.25) is 0 Å². The Bertz CT molecular complexity index is 357. The number of hydrogen-bond acceptors (Lipinski definition) is 0. The number of rotatable bonds is 1. The summed E-state index contributed by atoms with van der Waals surface area (Å²) in [7, 11) is 0. The molecule has 0 spiro atoms. The van der Waals surface area contributed by atoms with Crippen LogP contribution in [0.25, 0.3) is 5.57 Å². The lowest BCUT2D eigenvalue weighted by Gasteiger charge is -2.13. The molecule has 0 aliphatic heterocycles. The zero-order valence-corrected chi connectivity index (χ0v) is 11.3. The van der Waals surface area contributed by atoms with Crippen LogP contribution in [0.5, 0.6) is 0 Å². The Kier molecular flexibility index (Phi) is 5.35. The van der Waals surface area contributed by atoms with Crippen molar-refractivity contribution in [3.05, 3.63) is 40.5 Å². The summed E-state index contributed by atoms with van der Waals surface area (Å²) in [5.74, 6) is 0. The highest BCUT2D eigenvalue weighted by Gasteiger charge is 2.06. The standard InChI is InChI=1S/C13H18.C2H6/c1-8(2)13-7-9(3)10(4)11(5)12(13)6;1-2/h7H,1H2,2-6H3;1-2H3. The summed E-state index contributed by atoms with van der Waals surface area (Å²) in [6.45, 7) is 18.8. The molecular weight excluding hydrogens is 180 g/mol. The molecular formula is C15H24. The van der Waals surface area contributed by atoms with E-state index in [0.29, 0.717) is 0 Å². The minimum atomic E-state index is 1.16. The summed E-state index contributed by atoms with van der Waals surface area (Å²) in [5.41, 5.74) is 8.00. The van der Waals surface area contributed by atoms with Crippen molar-refractivity contribution in [1.29, 1.82) is 0 Å². The van der Waals surface area contributed by atoms with Gasteiger partial charge in [-0.2, -0.15) is 0 Å². The lowest BCUT2D eigenvalue weighted by molar-refractivity contribution is 1.20. The van der Waals surface area contributed by atoms with E-state index in [0.717, 1.165) is 5.57 Å². The summed E-state index contributed by atoms with van der Waals surface area (Å²) < 4.78 is 0. The van der Waals surface area contributed by atoms with Crippen LogP contribution in [0.15, 0.2) is 12.6 Å². The van der Waals surface area contributed by atoms with Crippen LogP contribution in [0.4, 0.5) is 0 Å². The molecule has 0 N–H and O–H groups in total. The summed E-state index contributed by atoms with van der Waals surface area (Å²) in [4.78, 5) is 0. The van der Waals surface area contributed by atoms with E-state index >= 15 is 0 Å². The Hall–Kier alpha value is -1.04. The third-order valence-corrected chi connectivity index (χ3v) is 2.94. The van der Waals surface area contributed by atoms with Crippen LogP contribution in [-0.4, -0.2) is 0 Å². The zero-order chi connectivity index (χ0) is 12.2. The quantitative estimate of drug-likeness (QED) is 0.605. The van der Waals surface area contributed by atoms with E-state index in [1.165, 1.54) is 27.8 Å². The summed E-state index contributed by atoms with van der Waals surface area (Å²) >= 11 is 0. The molecule has 0 heteroatoms. The first-order valence-corrected chi connectivity index (χ1v) is 5.68. The van der Waals surface area contributed by atoms with E-state index < -0.39 is 0 Å². The van der Waals surface area contributed by atoms with Crippen molar-refractivity contribution in [2.75, 3.05) is 0 Å². The first-order chi connectivity index (χ1) is 6.95. The molecule has 0 atom stereocenters. The SMILES string of the molecule is C=C(C)c1cc(C)c(C)c(C)c1C.CC. The van der Waals surface area contributed by atoms with Crippen molar-refractivity contribution < 1.29 is 0 Å². The van der Waals surface area contributed by atoms with Crippen LogP contribution >= 0.6 is 0 Å². The van der Waals surface area contributed by atoms with E-state index in [4.69, 9.17) is 0 Å². The maximum Gasteiger partial charge on any atom is -0.0198 e. The van der Waals surface area contributed by atoms with Crippen molar-refractivity contribution in [3.63, 3.8) is 0 Å². The van der Waals surface area contributed by atoms with Gasteiger partial charge in [-0.1, -0.05) is 32.1 Å². The van der Waals surface area contributed by atoms with E-state index in [1.807, 2.05) is 13.8 Å². The van der Waals surface area contributed by atoms with Crippen molar-refractivity contribution in [2.24, 2.45) is 0 Å². The molecule has 0 aliphatic rings. The molecule has 0 bridgehead atoms. The molecule has 0 unspecified atom stereocenters. The Labute approximate surface area is 95.0 Å². The monoisotopic (exact) mass is 204 g/mol. The first-order valence-electron chi connectivity index (χ1n) is 5.68. The van der Waals surface area contributed by atoms with E-state index in [2.05, 4.69) is 47.3 Å². The molecule has 1 rings (SSSR count). The Morgan fingerprint density at radius 3 is 1.80 bits per heavy atom. The van der Waals surface area contributed by atoms with Gasteiger partial charge in [0.1, 0.15) is 0 Å². The zero-order valence-electron chi connectivity index (χ0n) is 11.3. The lowest BCUT2D eigenvalue weighted by atomic mass is 9.92. The van der Waals surface area contributed by atoms with Gasteiger partial charge in [0.15, 0.2) is 0 Å². The topological polar surface area (TPSA) is 0 Å². The van der Waals surface area contributed by atoms with Crippen molar-refractivity contribution in [2.45, 2.75) is 48.5 Å². The van der Waals surface area contributed by atoms with Gasteiger partial charge in [-0.25, -0.2) is 0 Å². The average molecular weight is 204 g/mol. The third-order valence-electron chi connectivity index (χ3n) is 2.94. The lowest BCUT2D eigenvalue weighted by Crippen LogP contribution is -1.95. The molecule has 0 fully saturated rings. The van der Waals surface area contributed by atoms with Crippen LogP contribution in [0, 0.1) is 27.7 Å². The average Bonchev–Trinajstić information content (AvgIpc) is 2.23. The van der Waals surface area contributed by atoms with Crippen LogP contribution in [-0.2, 0) is 0 Å². The molecule has 0 saturated carbocycles. The Morgan fingerprint density at radius 1 is 0.933 bits per heavy atom. The summed E-state index contributed by atoms with van der Waals surface area (Å²) in [5, 5.41) is 0. The van der Waals surface area contributed by atoms with Gasteiger partial charge < -0.3 is 0 Å². The molecule has 84 valence electrons. The predicted molar refractivity (Wildman–Crippen MR) is 71.4 cm³/mol. The minimum Gasteiger partial charge on any atom is -0.0955 e. The number of benzene rings is 1. The van der Waals surface area contributed by atoms with E-state index in [1.54, 1.807) is 0 Å². The fourth-order valence-electron chi connectivity index (χ4n) is 1.66.